The zero-order chi connectivity index (χ0) is 11.0. The summed E-state index contributed by atoms with van der Waals surface area (Å²) in [5.74, 6) is 0.514. The van der Waals surface area contributed by atoms with Crippen LogP contribution in [0.1, 0.15) is 23.1 Å². The molecule has 0 bridgehead atoms. The van der Waals surface area contributed by atoms with Crippen molar-refractivity contribution in [3.63, 3.8) is 0 Å². The highest BCUT2D eigenvalue weighted by Crippen LogP contribution is 2.10. The van der Waals surface area contributed by atoms with Crippen LogP contribution in [0.3, 0.4) is 0 Å². The van der Waals surface area contributed by atoms with Crippen molar-refractivity contribution in [2.45, 2.75) is 13.8 Å². The first kappa shape index (κ1) is 9.58. The van der Waals surface area contributed by atoms with Gasteiger partial charge in [-0.1, -0.05) is 0 Å². The first-order chi connectivity index (χ1) is 7.08. The Morgan fingerprint density at radius 3 is 2.80 bits per heavy atom. The number of ketones is 1. The van der Waals surface area contributed by atoms with E-state index in [2.05, 4.69) is 9.97 Å². The van der Waals surface area contributed by atoms with Gasteiger partial charge < -0.3 is 4.98 Å². The molecule has 4 nitrogen and oxygen atoms in total. The van der Waals surface area contributed by atoms with Crippen molar-refractivity contribution in [1.29, 1.82) is 0 Å². The molecule has 2 rings (SSSR count). The van der Waals surface area contributed by atoms with Gasteiger partial charge in [-0.3, -0.25) is 9.59 Å². The third-order valence-corrected chi connectivity index (χ3v) is 2.23. The number of hydrogen-bond acceptors (Lipinski definition) is 3. The molecule has 0 spiro atoms. The van der Waals surface area contributed by atoms with Crippen molar-refractivity contribution < 1.29 is 4.79 Å². The van der Waals surface area contributed by atoms with E-state index in [1.165, 1.54) is 6.92 Å². The predicted octanol–water partition coefficient (Wildman–Crippen LogP) is 1.43. The van der Waals surface area contributed by atoms with E-state index in [4.69, 9.17) is 0 Å². The molecule has 0 saturated heterocycles. The number of aryl methyl sites for hydroxylation is 1. The summed E-state index contributed by atoms with van der Waals surface area (Å²) in [5.41, 5.74) is 0.931. The van der Waals surface area contributed by atoms with Crippen LogP contribution in [0.5, 0.6) is 0 Å². The Bertz CT molecular complexity index is 599. The summed E-state index contributed by atoms with van der Waals surface area (Å²) in [6, 6.07) is 4.94. The molecule has 0 fully saturated rings. The number of aromatic nitrogens is 2. The lowest BCUT2D eigenvalue weighted by Crippen LogP contribution is -2.10. The normalized spacial score (nSPS) is 10.5. The molecule has 0 atom stereocenters. The summed E-state index contributed by atoms with van der Waals surface area (Å²) < 4.78 is 0. The van der Waals surface area contributed by atoms with E-state index in [1.54, 1.807) is 25.1 Å². The van der Waals surface area contributed by atoms with Crippen LogP contribution in [0.25, 0.3) is 10.9 Å². The van der Waals surface area contributed by atoms with E-state index in [1.807, 2.05) is 0 Å². The summed E-state index contributed by atoms with van der Waals surface area (Å²) in [4.78, 5) is 29.5. The quantitative estimate of drug-likeness (QED) is 0.711. The van der Waals surface area contributed by atoms with Gasteiger partial charge in [-0.25, -0.2) is 4.98 Å². The van der Waals surface area contributed by atoms with Crippen LogP contribution >= 0.6 is 0 Å². The van der Waals surface area contributed by atoms with Crippen LogP contribution < -0.4 is 5.56 Å². The molecule has 76 valence electrons. The van der Waals surface area contributed by atoms with Gasteiger partial charge in [0.25, 0.3) is 5.56 Å². The van der Waals surface area contributed by atoms with Gasteiger partial charge >= 0.3 is 0 Å². The van der Waals surface area contributed by atoms with Crippen molar-refractivity contribution in [3.8, 4) is 0 Å². The van der Waals surface area contributed by atoms with Crippen LogP contribution in [0.2, 0.25) is 0 Å². The average Bonchev–Trinajstić information content (AvgIpc) is 2.16. The van der Waals surface area contributed by atoms with E-state index < -0.39 is 0 Å². The zero-order valence-electron chi connectivity index (χ0n) is 8.50. The molecule has 0 unspecified atom stereocenters. The third-order valence-electron chi connectivity index (χ3n) is 2.23. The van der Waals surface area contributed by atoms with Gasteiger partial charge in [-0.15, -0.1) is 0 Å². The van der Waals surface area contributed by atoms with Crippen LogP contribution in [-0.2, 0) is 0 Å². The van der Waals surface area contributed by atoms with E-state index >= 15 is 0 Å². The fraction of sp³-hybridized carbons (Fsp3) is 0.182. The minimum atomic E-state index is -0.208. The number of carbonyl (C=O) groups is 1. The van der Waals surface area contributed by atoms with Crippen LogP contribution in [0.4, 0.5) is 0 Å². The van der Waals surface area contributed by atoms with Crippen LogP contribution in [0, 0.1) is 6.92 Å². The lowest BCUT2D eigenvalue weighted by Gasteiger charge is -2.00. The van der Waals surface area contributed by atoms with Crippen molar-refractivity contribution in [2.75, 3.05) is 0 Å². The number of H-pyrrole nitrogens is 1. The summed E-state index contributed by atoms with van der Waals surface area (Å²) in [6.07, 6.45) is 0. The summed E-state index contributed by atoms with van der Waals surface area (Å²) in [6.45, 7) is 3.19. The molecule has 0 amide bonds. The van der Waals surface area contributed by atoms with E-state index in [0.29, 0.717) is 22.3 Å². The van der Waals surface area contributed by atoms with Crippen molar-refractivity contribution in [1.82, 2.24) is 9.97 Å². The Labute approximate surface area is 86.0 Å². The number of aromatic amines is 1. The number of rotatable bonds is 1. The first-order valence-corrected chi connectivity index (χ1v) is 4.59. The molecule has 4 heteroatoms. The minimum Gasteiger partial charge on any atom is -0.310 e. The molecule has 0 aliphatic rings. The Morgan fingerprint density at radius 1 is 1.40 bits per heavy atom. The zero-order valence-corrected chi connectivity index (χ0v) is 8.50. The van der Waals surface area contributed by atoms with Gasteiger partial charge in [0.15, 0.2) is 5.78 Å². The van der Waals surface area contributed by atoms with Crippen molar-refractivity contribution in [3.05, 3.63) is 39.9 Å². The Kier molecular flexibility index (Phi) is 2.11. The summed E-state index contributed by atoms with van der Waals surface area (Å²) in [5, 5.41) is 0.452. The third kappa shape index (κ3) is 1.66. The van der Waals surface area contributed by atoms with Gasteiger partial charge in [0.1, 0.15) is 5.82 Å². The highest BCUT2D eigenvalue weighted by Gasteiger charge is 2.05. The molecule has 1 heterocycles. The Morgan fingerprint density at radius 2 is 2.13 bits per heavy atom. The second kappa shape index (κ2) is 3.31. The van der Waals surface area contributed by atoms with E-state index in [9.17, 15) is 9.59 Å². The molecule has 0 aliphatic carbocycles. The second-order valence-corrected chi connectivity index (χ2v) is 3.44. The van der Waals surface area contributed by atoms with Crippen LogP contribution in [0.15, 0.2) is 23.0 Å². The topological polar surface area (TPSA) is 62.8 Å². The highest BCUT2D eigenvalue weighted by atomic mass is 16.1. The molecule has 15 heavy (non-hydrogen) atoms. The second-order valence-electron chi connectivity index (χ2n) is 3.44. The molecule has 0 aliphatic heterocycles. The fourth-order valence-corrected chi connectivity index (χ4v) is 1.47. The standard InChI is InChI=1S/C11H10N2O2/c1-6(14)8-3-4-10-9(5-8)11(15)13-7(2)12-10/h3-5H,1-2H3,(H,12,13,15). The van der Waals surface area contributed by atoms with Gasteiger partial charge in [0.2, 0.25) is 0 Å². The Hall–Kier alpha value is -1.97. The summed E-state index contributed by atoms with van der Waals surface area (Å²) in [7, 11) is 0. The SMILES string of the molecule is CC(=O)c1ccc2nc(C)[nH]c(=O)c2c1. The number of hydrogen-bond donors (Lipinski definition) is 1. The number of benzene rings is 1. The maximum Gasteiger partial charge on any atom is 0.258 e. The molecule has 2 aromatic rings. The van der Waals surface area contributed by atoms with Crippen molar-refractivity contribution in [2.24, 2.45) is 0 Å². The predicted molar refractivity (Wildman–Crippen MR) is 57.1 cm³/mol. The highest BCUT2D eigenvalue weighted by molar-refractivity contribution is 5.97. The molecular formula is C11H10N2O2. The molecule has 0 radical (unpaired) electrons. The largest absolute Gasteiger partial charge is 0.310 e. The maximum absolute atomic E-state index is 11.6. The molecule has 1 N–H and O–H groups in total. The number of carbonyl (C=O) groups excluding carboxylic acids is 1. The number of fused-ring (bicyclic) bond motifs is 1. The number of nitrogens with one attached hydrogen (secondary N) is 1. The molecule has 0 saturated carbocycles. The minimum absolute atomic E-state index is 0.0584. The lowest BCUT2D eigenvalue weighted by atomic mass is 10.1. The van der Waals surface area contributed by atoms with E-state index in [-0.39, 0.29) is 11.3 Å². The molecule has 1 aromatic carbocycles. The smallest absolute Gasteiger partial charge is 0.258 e. The van der Waals surface area contributed by atoms with E-state index in [0.717, 1.165) is 0 Å². The lowest BCUT2D eigenvalue weighted by molar-refractivity contribution is 0.101. The Balaban J connectivity index is 2.83. The van der Waals surface area contributed by atoms with Gasteiger partial charge in [0.05, 0.1) is 10.9 Å². The number of nitrogens with zero attached hydrogens (tertiary/aromatic N) is 1. The molecular weight excluding hydrogens is 192 g/mol. The first-order valence-electron chi connectivity index (χ1n) is 4.59. The molecule has 1 aromatic heterocycles. The monoisotopic (exact) mass is 202 g/mol. The summed E-state index contributed by atoms with van der Waals surface area (Å²) >= 11 is 0. The fourth-order valence-electron chi connectivity index (χ4n) is 1.47. The van der Waals surface area contributed by atoms with Crippen molar-refractivity contribution >= 4 is 16.7 Å². The maximum atomic E-state index is 11.6. The number of Topliss-reactive ketones (excluding diaryl/α,β-unsaturated/α-hetero) is 1. The average molecular weight is 202 g/mol. The van der Waals surface area contributed by atoms with Crippen LogP contribution in [-0.4, -0.2) is 15.8 Å². The van der Waals surface area contributed by atoms with Gasteiger partial charge in [-0.2, -0.15) is 0 Å². The van der Waals surface area contributed by atoms with Gasteiger partial charge in [0, 0.05) is 5.56 Å². The van der Waals surface area contributed by atoms with Gasteiger partial charge in [-0.05, 0) is 32.0 Å².